The monoisotopic (exact) mass is 453 g/mol. The van der Waals surface area contributed by atoms with Gasteiger partial charge in [-0.15, -0.1) is 0 Å². The predicted molar refractivity (Wildman–Crippen MR) is 114 cm³/mol. The Kier molecular flexibility index (Phi) is 5.57. The lowest BCUT2D eigenvalue weighted by Crippen LogP contribution is -2.20. The van der Waals surface area contributed by atoms with Crippen LogP contribution in [0.1, 0.15) is 5.56 Å². The number of halogens is 2. The highest BCUT2D eigenvalue weighted by Gasteiger charge is 2.11. The van der Waals surface area contributed by atoms with Crippen LogP contribution < -0.4 is 10.1 Å². The van der Waals surface area contributed by atoms with Gasteiger partial charge in [0.25, 0.3) is 5.91 Å². The average Bonchev–Trinajstić information content (AvgIpc) is 3.06. The van der Waals surface area contributed by atoms with Crippen LogP contribution in [0.4, 0.5) is 10.2 Å². The summed E-state index contributed by atoms with van der Waals surface area (Å²) in [7, 11) is 0. The van der Waals surface area contributed by atoms with Gasteiger partial charge in [0.2, 0.25) is 0 Å². The molecule has 0 atom stereocenters. The molecule has 4 aromatic rings. The summed E-state index contributed by atoms with van der Waals surface area (Å²) in [6, 6.07) is 19.8. The number of aromatic nitrogens is 2. The number of amides is 1. The van der Waals surface area contributed by atoms with Gasteiger partial charge in [0, 0.05) is 6.20 Å². The first-order valence-electron chi connectivity index (χ1n) is 8.96. The number of hydrogen-bond donors (Lipinski definition) is 1. The zero-order valence-electron chi connectivity index (χ0n) is 15.3. The van der Waals surface area contributed by atoms with E-state index in [1.807, 2.05) is 42.5 Å². The van der Waals surface area contributed by atoms with Gasteiger partial charge in [-0.3, -0.25) is 9.48 Å². The van der Waals surface area contributed by atoms with E-state index in [9.17, 15) is 9.18 Å². The normalized spacial score (nSPS) is 10.8. The van der Waals surface area contributed by atoms with Gasteiger partial charge in [0.15, 0.2) is 12.4 Å². The molecular formula is C22H17BrFN3O2. The zero-order chi connectivity index (χ0) is 20.2. The molecule has 1 aromatic heterocycles. The number of carbonyl (C=O) groups excluding carboxylic acids is 1. The minimum atomic E-state index is -0.314. The number of nitrogens with one attached hydrogen (secondary N) is 1. The second-order valence-electron chi connectivity index (χ2n) is 6.50. The molecule has 0 radical (unpaired) electrons. The fraction of sp³-hybridized carbons (Fsp3) is 0.0909. The van der Waals surface area contributed by atoms with Crippen LogP contribution in [0.15, 0.2) is 77.4 Å². The number of carbonyl (C=O) groups is 1. The molecule has 1 amide bonds. The maximum atomic E-state index is 13.0. The van der Waals surface area contributed by atoms with Crippen molar-refractivity contribution in [2.45, 2.75) is 6.54 Å². The van der Waals surface area contributed by atoms with Crippen molar-refractivity contribution >= 4 is 38.4 Å². The maximum Gasteiger partial charge on any atom is 0.263 e. The Hall–Kier alpha value is -3.19. The van der Waals surface area contributed by atoms with Crippen molar-refractivity contribution in [2.75, 3.05) is 11.9 Å². The van der Waals surface area contributed by atoms with Crippen LogP contribution in [0.25, 0.3) is 10.8 Å². The molecule has 0 aliphatic carbocycles. The highest BCUT2D eigenvalue weighted by molar-refractivity contribution is 9.10. The number of rotatable bonds is 6. The third-order valence-electron chi connectivity index (χ3n) is 4.32. The smallest absolute Gasteiger partial charge is 0.263 e. The van der Waals surface area contributed by atoms with Gasteiger partial charge in [-0.2, -0.15) is 5.10 Å². The summed E-state index contributed by atoms with van der Waals surface area (Å²) < 4.78 is 20.9. The first-order chi connectivity index (χ1) is 14.1. The summed E-state index contributed by atoms with van der Waals surface area (Å²) in [5.74, 6) is 0.430. The van der Waals surface area contributed by atoms with Gasteiger partial charge in [0.05, 0.1) is 11.0 Å². The number of fused-ring (bicyclic) bond motifs is 1. The molecule has 4 rings (SSSR count). The lowest BCUT2D eigenvalue weighted by atomic mass is 10.1. The Balaban J connectivity index is 1.36. The van der Waals surface area contributed by atoms with E-state index in [4.69, 9.17) is 4.74 Å². The van der Waals surface area contributed by atoms with Gasteiger partial charge in [-0.25, -0.2) is 4.39 Å². The van der Waals surface area contributed by atoms with E-state index in [0.717, 1.165) is 16.3 Å². The molecule has 1 N–H and O–H groups in total. The highest BCUT2D eigenvalue weighted by Crippen LogP contribution is 2.22. The third kappa shape index (κ3) is 4.81. The molecule has 0 spiro atoms. The predicted octanol–water partition coefficient (Wildman–Crippen LogP) is 5.00. The Bertz CT molecular complexity index is 1160. The number of hydrogen-bond acceptors (Lipinski definition) is 3. The Morgan fingerprint density at radius 2 is 1.83 bits per heavy atom. The van der Waals surface area contributed by atoms with Crippen LogP contribution in [0, 0.1) is 5.82 Å². The van der Waals surface area contributed by atoms with Crippen LogP contribution in [0.3, 0.4) is 0 Å². The van der Waals surface area contributed by atoms with Crippen LogP contribution >= 0.6 is 15.9 Å². The van der Waals surface area contributed by atoms with Gasteiger partial charge < -0.3 is 10.1 Å². The van der Waals surface area contributed by atoms with Crippen LogP contribution in [0.2, 0.25) is 0 Å². The van der Waals surface area contributed by atoms with Crippen LogP contribution in [-0.4, -0.2) is 22.3 Å². The molecule has 0 unspecified atom stereocenters. The van der Waals surface area contributed by atoms with Crippen molar-refractivity contribution in [2.24, 2.45) is 0 Å². The lowest BCUT2D eigenvalue weighted by molar-refractivity contribution is -0.118. The van der Waals surface area contributed by atoms with Gasteiger partial charge >= 0.3 is 0 Å². The Morgan fingerprint density at radius 3 is 2.62 bits per heavy atom. The third-order valence-corrected chi connectivity index (χ3v) is 4.90. The molecule has 0 aliphatic heterocycles. The SMILES string of the molecule is O=C(COc1ccc2ccccc2c1)Nc1nn(Cc2ccc(F)cc2)cc1Br. The topological polar surface area (TPSA) is 56.1 Å². The van der Waals surface area contributed by atoms with Crippen molar-refractivity contribution in [3.8, 4) is 5.75 Å². The van der Waals surface area contributed by atoms with E-state index < -0.39 is 0 Å². The highest BCUT2D eigenvalue weighted by atomic mass is 79.9. The molecule has 0 saturated carbocycles. The van der Waals surface area contributed by atoms with E-state index in [1.54, 1.807) is 23.0 Å². The summed E-state index contributed by atoms with van der Waals surface area (Å²) in [6.07, 6.45) is 1.75. The van der Waals surface area contributed by atoms with E-state index in [0.29, 0.717) is 22.6 Å². The first kappa shape index (κ1) is 19.1. The van der Waals surface area contributed by atoms with Gasteiger partial charge in [0.1, 0.15) is 11.6 Å². The summed E-state index contributed by atoms with van der Waals surface area (Å²) in [6.45, 7) is 0.331. The van der Waals surface area contributed by atoms with Crippen LogP contribution in [-0.2, 0) is 11.3 Å². The average molecular weight is 454 g/mol. The number of nitrogens with zero attached hydrogens (tertiary/aromatic N) is 2. The Morgan fingerprint density at radius 1 is 1.07 bits per heavy atom. The Labute approximate surface area is 175 Å². The number of anilines is 1. The molecular weight excluding hydrogens is 437 g/mol. The standard InChI is InChI=1S/C22H17BrFN3O2/c23-20-13-27(12-15-5-8-18(24)9-6-15)26-22(20)25-21(28)14-29-19-10-7-16-3-1-2-4-17(16)11-19/h1-11,13H,12,14H2,(H,25,26,28). The molecule has 5 nitrogen and oxygen atoms in total. The first-order valence-corrected chi connectivity index (χ1v) is 9.75. The van der Waals surface area contributed by atoms with Crippen LogP contribution in [0.5, 0.6) is 5.75 Å². The molecule has 1 heterocycles. The fourth-order valence-corrected chi connectivity index (χ4v) is 3.33. The molecule has 0 bridgehead atoms. The van der Waals surface area contributed by atoms with Crippen molar-refractivity contribution in [1.82, 2.24) is 9.78 Å². The largest absolute Gasteiger partial charge is 0.484 e. The summed E-state index contributed by atoms with van der Waals surface area (Å²) >= 11 is 3.39. The van der Waals surface area contributed by atoms with Crippen molar-refractivity contribution in [3.05, 3.63) is 88.8 Å². The quantitative estimate of drug-likeness (QED) is 0.446. The van der Waals surface area contributed by atoms with Crippen molar-refractivity contribution in [1.29, 1.82) is 0 Å². The molecule has 146 valence electrons. The number of ether oxygens (including phenoxy) is 1. The molecule has 3 aromatic carbocycles. The van der Waals surface area contributed by atoms with Gasteiger partial charge in [-0.05, 0) is 56.5 Å². The molecule has 0 saturated heterocycles. The lowest BCUT2D eigenvalue weighted by Gasteiger charge is -2.07. The second kappa shape index (κ2) is 8.45. The molecule has 0 fully saturated rings. The van der Waals surface area contributed by atoms with Crippen molar-refractivity contribution < 1.29 is 13.9 Å². The minimum absolute atomic E-state index is 0.129. The summed E-state index contributed by atoms with van der Waals surface area (Å²) in [5, 5.41) is 9.24. The zero-order valence-corrected chi connectivity index (χ0v) is 16.9. The maximum absolute atomic E-state index is 13.0. The van der Waals surface area contributed by atoms with E-state index in [2.05, 4.69) is 26.3 Å². The summed E-state index contributed by atoms with van der Waals surface area (Å²) in [4.78, 5) is 12.3. The van der Waals surface area contributed by atoms with E-state index >= 15 is 0 Å². The summed E-state index contributed by atoms with van der Waals surface area (Å²) in [5.41, 5.74) is 0.902. The fourth-order valence-electron chi connectivity index (χ4n) is 2.91. The van der Waals surface area contributed by atoms with Gasteiger partial charge in [-0.1, -0.05) is 42.5 Å². The molecule has 29 heavy (non-hydrogen) atoms. The molecule has 7 heteroatoms. The number of benzene rings is 3. The second-order valence-corrected chi connectivity index (χ2v) is 7.35. The van der Waals surface area contributed by atoms with E-state index in [-0.39, 0.29) is 18.3 Å². The minimum Gasteiger partial charge on any atom is -0.484 e. The van der Waals surface area contributed by atoms with E-state index in [1.165, 1.54) is 12.1 Å². The molecule has 0 aliphatic rings. The van der Waals surface area contributed by atoms with Crippen molar-refractivity contribution in [3.63, 3.8) is 0 Å².